The van der Waals surface area contributed by atoms with Crippen molar-refractivity contribution in [3.05, 3.63) is 0 Å². The van der Waals surface area contributed by atoms with Crippen LogP contribution in [-0.4, -0.2) is 31.0 Å². The van der Waals surface area contributed by atoms with Gasteiger partial charge < -0.3 is 15.6 Å². The molecule has 1 unspecified atom stereocenters. The summed E-state index contributed by atoms with van der Waals surface area (Å²) in [6.45, 7) is 1.05. The zero-order chi connectivity index (χ0) is 10.2. The molecule has 2 saturated carbocycles. The van der Waals surface area contributed by atoms with Crippen LogP contribution in [0.5, 0.6) is 0 Å². The molecule has 2 aliphatic carbocycles. The van der Waals surface area contributed by atoms with Gasteiger partial charge in [0.1, 0.15) is 0 Å². The summed E-state index contributed by atoms with van der Waals surface area (Å²) in [4.78, 5) is 0. The molecule has 3 nitrogen and oxygen atoms in total. The van der Waals surface area contributed by atoms with Gasteiger partial charge in [-0.3, -0.25) is 0 Å². The summed E-state index contributed by atoms with van der Waals surface area (Å²) in [5, 5.41) is 10.7. The lowest BCUT2D eigenvalue weighted by Crippen LogP contribution is -2.60. The quantitative estimate of drug-likeness (QED) is 0.691. The highest BCUT2D eigenvalue weighted by atomic mass is 16.5. The van der Waals surface area contributed by atoms with Crippen LogP contribution in [0, 0.1) is 11.3 Å². The van der Waals surface area contributed by atoms with Crippen LogP contribution in [0.2, 0.25) is 0 Å². The predicted octanol–water partition coefficient (Wildman–Crippen LogP) is 0.903. The van der Waals surface area contributed by atoms with Crippen molar-refractivity contribution in [2.45, 2.75) is 37.7 Å². The van der Waals surface area contributed by atoms with E-state index in [1.54, 1.807) is 7.11 Å². The third-order valence-corrected chi connectivity index (χ3v) is 4.24. The van der Waals surface area contributed by atoms with Crippen LogP contribution in [0.4, 0.5) is 0 Å². The van der Waals surface area contributed by atoms with E-state index in [-0.39, 0.29) is 5.41 Å². The SMILES string of the molecule is COCC(O)(C1CC1)C1(CN)CCC1. The molecule has 3 N–H and O–H groups in total. The number of rotatable bonds is 5. The van der Waals surface area contributed by atoms with E-state index in [0.29, 0.717) is 19.1 Å². The molecule has 0 aromatic carbocycles. The van der Waals surface area contributed by atoms with Gasteiger partial charge in [-0.2, -0.15) is 0 Å². The first-order valence-electron chi connectivity index (χ1n) is 5.60. The van der Waals surface area contributed by atoms with Crippen LogP contribution in [0.3, 0.4) is 0 Å². The molecule has 0 amide bonds. The number of hydrogen-bond donors (Lipinski definition) is 2. The summed E-state index contributed by atoms with van der Waals surface area (Å²) in [6, 6.07) is 0. The largest absolute Gasteiger partial charge is 0.387 e. The van der Waals surface area contributed by atoms with Crippen molar-refractivity contribution in [1.82, 2.24) is 0 Å². The Bertz CT molecular complexity index is 206. The van der Waals surface area contributed by atoms with Gasteiger partial charge in [-0.05, 0) is 31.6 Å². The zero-order valence-electron chi connectivity index (χ0n) is 8.96. The van der Waals surface area contributed by atoms with Gasteiger partial charge in [-0.15, -0.1) is 0 Å². The monoisotopic (exact) mass is 199 g/mol. The first-order chi connectivity index (χ1) is 6.68. The molecule has 0 radical (unpaired) electrons. The molecular weight excluding hydrogens is 178 g/mol. The lowest BCUT2D eigenvalue weighted by atomic mass is 9.57. The van der Waals surface area contributed by atoms with E-state index >= 15 is 0 Å². The minimum absolute atomic E-state index is 0.0375. The first-order valence-corrected chi connectivity index (χ1v) is 5.60. The Hall–Kier alpha value is -0.120. The summed E-state index contributed by atoms with van der Waals surface area (Å²) >= 11 is 0. The van der Waals surface area contributed by atoms with E-state index in [2.05, 4.69) is 0 Å². The van der Waals surface area contributed by atoms with Crippen LogP contribution in [0.25, 0.3) is 0 Å². The molecule has 0 saturated heterocycles. The summed E-state index contributed by atoms with van der Waals surface area (Å²) in [5.41, 5.74) is 5.15. The van der Waals surface area contributed by atoms with Gasteiger partial charge >= 0.3 is 0 Å². The molecule has 3 heteroatoms. The molecule has 0 bridgehead atoms. The van der Waals surface area contributed by atoms with Crippen molar-refractivity contribution in [3.8, 4) is 0 Å². The van der Waals surface area contributed by atoms with E-state index in [4.69, 9.17) is 10.5 Å². The van der Waals surface area contributed by atoms with Gasteiger partial charge in [0.25, 0.3) is 0 Å². The lowest BCUT2D eigenvalue weighted by Gasteiger charge is -2.53. The lowest BCUT2D eigenvalue weighted by molar-refractivity contribution is -0.168. The highest BCUT2D eigenvalue weighted by molar-refractivity contribution is 5.10. The van der Waals surface area contributed by atoms with Crippen LogP contribution >= 0.6 is 0 Å². The van der Waals surface area contributed by atoms with Crippen molar-refractivity contribution in [3.63, 3.8) is 0 Å². The average Bonchev–Trinajstić information content (AvgIpc) is 2.85. The Balaban J connectivity index is 2.15. The van der Waals surface area contributed by atoms with Crippen LogP contribution in [-0.2, 0) is 4.74 Å². The predicted molar refractivity (Wildman–Crippen MR) is 54.9 cm³/mol. The molecule has 0 heterocycles. The van der Waals surface area contributed by atoms with E-state index in [0.717, 1.165) is 25.7 Å². The van der Waals surface area contributed by atoms with Gasteiger partial charge in [-0.25, -0.2) is 0 Å². The van der Waals surface area contributed by atoms with Gasteiger partial charge in [0, 0.05) is 19.1 Å². The van der Waals surface area contributed by atoms with Crippen LogP contribution in [0.15, 0.2) is 0 Å². The molecule has 2 aliphatic rings. The molecule has 0 aromatic heterocycles. The van der Waals surface area contributed by atoms with Crippen molar-refractivity contribution in [1.29, 1.82) is 0 Å². The molecular formula is C11H21NO2. The van der Waals surface area contributed by atoms with Gasteiger partial charge in [0.05, 0.1) is 12.2 Å². The molecule has 0 aliphatic heterocycles. The Kier molecular flexibility index (Phi) is 2.58. The summed E-state index contributed by atoms with van der Waals surface area (Å²) in [6.07, 6.45) is 5.62. The second-order valence-electron chi connectivity index (χ2n) is 4.97. The molecule has 14 heavy (non-hydrogen) atoms. The molecule has 82 valence electrons. The minimum Gasteiger partial charge on any atom is -0.387 e. The van der Waals surface area contributed by atoms with Crippen LogP contribution < -0.4 is 5.73 Å². The van der Waals surface area contributed by atoms with Crippen molar-refractivity contribution >= 4 is 0 Å². The van der Waals surface area contributed by atoms with Crippen molar-refractivity contribution in [2.75, 3.05) is 20.3 Å². The number of methoxy groups -OCH3 is 1. The van der Waals surface area contributed by atoms with Gasteiger partial charge in [-0.1, -0.05) is 6.42 Å². The summed E-state index contributed by atoms with van der Waals surface area (Å²) in [7, 11) is 1.66. The average molecular weight is 199 g/mol. The van der Waals surface area contributed by atoms with E-state index in [1.807, 2.05) is 0 Å². The van der Waals surface area contributed by atoms with E-state index in [1.165, 1.54) is 6.42 Å². The molecule has 2 rings (SSSR count). The Morgan fingerprint density at radius 1 is 1.50 bits per heavy atom. The van der Waals surface area contributed by atoms with Gasteiger partial charge in [0.15, 0.2) is 0 Å². The fourth-order valence-corrected chi connectivity index (χ4v) is 2.90. The second kappa shape index (κ2) is 3.47. The third kappa shape index (κ3) is 1.30. The Labute approximate surface area is 85.6 Å². The Morgan fingerprint density at radius 2 is 2.14 bits per heavy atom. The fraction of sp³-hybridized carbons (Fsp3) is 1.00. The van der Waals surface area contributed by atoms with Crippen molar-refractivity contribution < 1.29 is 9.84 Å². The number of aliphatic hydroxyl groups is 1. The van der Waals surface area contributed by atoms with E-state index in [9.17, 15) is 5.11 Å². The molecule has 0 aromatic rings. The maximum absolute atomic E-state index is 10.7. The summed E-state index contributed by atoms with van der Waals surface area (Å²) in [5.74, 6) is 0.436. The number of nitrogens with two attached hydrogens (primary N) is 1. The maximum Gasteiger partial charge on any atom is 0.0975 e. The smallest absolute Gasteiger partial charge is 0.0975 e. The van der Waals surface area contributed by atoms with Crippen molar-refractivity contribution in [2.24, 2.45) is 17.1 Å². The first kappa shape index (κ1) is 10.4. The number of hydrogen-bond acceptors (Lipinski definition) is 3. The molecule has 2 fully saturated rings. The standard InChI is InChI=1S/C11H21NO2/c1-14-8-11(13,9-3-4-9)10(7-12)5-2-6-10/h9,13H,2-8,12H2,1H3. The summed E-state index contributed by atoms with van der Waals surface area (Å²) < 4.78 is 5.19. The van der Waals surface area contributed by atoms with Gasteiger partial charge in [0.2, 0.25) is 0 Å². The minimum atomic E-state index is -0.644. The Morgan fingerprint density at radius 3 is 2.43 bits per heavy atom. The molecule has 1 atom stereocenters. The highest BCUT2D eigenvalue weighted by Crippen LogP contribution is 2.57. The zero-order valence-corrected chi connectivity index (χ0v) is 8.96. The van der Waals surface area contributed by atoms with E-state index < -0.39 is 5.60 Å². The normalized spacial score (nSPS) is 29.4. The highest BCUT2D eigenvalue weighted by Gasteiger charge is 2.59. The fourth-order valence-electron chi connectivity index (χ4n) is 2.90. The third-order valence-electron chi connectivity index (χ3n) is 4.24. The maximum atomic E-state index is 10.7. The molecule has 0 spiro atoms. The second-order valence-corrected chi connectivity index (χ2v) is 4.97. The topological polar surface area (TPSA) is 55.5 Å². The number of ether oxygens (including phenoxy) is 1. The van der Waals surface area contributed by atoms with Crippen LogP contribution in [0.1, 0.15) is 32.1 Å².